The van der Waals surface area contributed by atoms with E-state index in [2.05, 4.69) is 5.32 Å². The molecule has 2 aliphatic carbocycles. The maximum Gasteiger partial charge on any atom is 0.00107 e. The molecule has 3 fully saturated rings. The molecule has 2 bridgehead atoms. The minimum Gasteiger partial charge on any atom is -0.316 e. The van der Waals surface area contributed by atoms with E-state index in [0.29, 0.717) is 0 Å². The second-order valence-electron chi connectivity index (χ2n) is 5.94. The molecule has 0 aromatic heterocycles. The molecule has 0 aromatic rings. The summed E-state index contributed by atoms with van der Waals surface area (Å²) >= 11 is 0. The molecule has 2 atom stereocenters. The number of hydrogen-bond donors (Lipinski definition) is 1. The van der Waals surface area contributed by atoms with Crippen LogP contribution in [0.3, 0.4) is 0 Å². The summed E-state index contributed by atoms with van der Waals surface area (Å²) < 4.78 is 0. The number of fused-ring (bicyclic) bond motifs is 2. The highest BCUT2D eigenvalue weighted by Crippen LogP contribution is 2.52. The third-order valence-electron chi connectivity index (χ3n) is 5.13. The highest BCUT2D eigenvalue weighted by atomic mass is 14.9. The molecular weight excluding hydrogens is 170 g/mol. The molecule has 1 aliphatic heterocycles. The van der Waals surface area contributed by atoms with Crippen LogP contribution in [-0.2, 0) is 0 Å². The Labute approximate surface area is 87.7 Å². The molecule has 2 saturated carbocycles. The normalized spacial score (nSPS) is 44.1. The molecule has 0 radical (unpaired) electrons. The molecular formula is C13H23N. The standard InChI is InChI=1S/C13H23N/c1-2-4-12(5-3-1)13-7-6-11(8-13)9-14-10-13/h11-12,14H,1-10H2. The smallest absolute Gasteiger partial charge is 0.00107 e. The van der Waals surface area contributed by atoms with Gasteiger partial charge in [0, 0.05) is 6.54 Å². The average molecular weight is 193 g/mol. The Balaban J connectivity index is 1.74. The second kappa shape index (κ2) is 3.52. The summed E-state index contributed by atoms with van der Waals surface area (Å²) in [5.41, 5.74) is 0.753. The van der Waals surface area contributed by atoms with Gasteiger partial charge in [-0.3, -0.25) is 0 Å². The quantitative estimate of drug-likeness (QED) is 0.675. The zero-order valence-electron chi connectivity index (χ0n) is 9.23. The minimum absolute atomic E-state index is 0.753. The molecule has 0 amide bonds. The minimum atomic E-state index is 0.753. The first kappa shape index (κ1) is 9.21. The summed E-state index contributed by atoms with van der Waals surface area (Å²) in [7, 11) is 0. The van der Waals surface area contributed by atoms with Crippen LogP contribution >= 0.6 is 0 Å². The molecule has 1 heteroatoms. The Bertz CT molecular complexity index is 203. The highest BCUT2D eigenvalue weighted by molar-refractivity contribution is 4.99. The molecule has 14 heavy (non-hydrogen) atoms. The fourth-order valence-corrected chi connectivity index (χ4v) is 4.36. The third-order valence-corrected chi connectivity index (χ3v) is 5.13. The Kier molecular flexibility index (Phi) is 2.31. The molecule has 1 N–H and O–H groups in total. The van der Waals surface area contributed by atoms with Gasteiger partial charge in [0.15, 0.2) is 0 Å². The van der Waals surface area contributed by atoms with E-state index in [-0.39, 0.29) is 0 Å². The molecule has 1 heterocycles. The molecule has 0 spiro atoms. The van der Waals surface area contributed by atoms with Crippen molar-refractivity contribution in [2.24, 2.45) is 17.3 Å². The van der Waals surface area contributed by atoms with Gasteiger partial charge in [0.2, 0.25) is 0 Å². The van der Waals surface area contributed by atoms with Gasteiger partial charge in [-0.2, -0.15) is 0 Å². The summed E-state index contributed by atoms with van der Waals surface area (Å²) in [6, 6.07) is 0. The molecule has 3 rings (SSSR count). The van der Waals surface area contributed by atoms with Crippen molar-refractivity contribution in [1.29, 1.82) is 0 Å². The van der Waals surface area contributed by atoms with Crippen LogP contribution in [-0.4, -0.2) is 13.1 Å². The fourth-order valence-electron chi connectivity index (χ4n) is 4.36. The van der Waals surface area contributed by atoms with Crippen molar-refractivity contribution in [3.8, 4) is 0 Å². The first-order chi connectivity index (χ1) is 6.89. The highest BCUT2D eigenvalue weighted by Gasteiger charge is 2.46. The molecule has 3 aliphatic rings. The lowest BCUT2D eigenvalue weighted by Gasteiger charge is -2.42. The van der Waals surface area contributed by atoms with Gasteiger partial charge >= 0.3 is 0 Å². The summed E-state index contributed by atoms with van der Waals surface area (Å²) in [5, 5.41) is 3.68. The van der Waals surface area contributed by atoms with Crippen LogP contribution in [0.5, 0.6) is 0 Å². The largest absolute Gasteiger partial charge is 0.316 e. The molecule has 80 valence electrons. The summed E-state index contributed by atoms with van der Waals surface area (Å²) in [6.07, 6.45) is 12.2. The Hall–Kier alpha value is -0.0400. The summed E-state index contributed by atoms with van der Waals surface area (Å²) in [6.45, 7) is 2.66. The lowest BCUT2D eigenvalue weighted by Crippen LogP contribution is -2.44. The van der Waals surface area contributed by atoms with Gasteiger partial charge in [-0.05, 0) is 55.9 Å². The molecule has 1 saturated heterocycles. The first-order valence-electron chi connectivity index (χ1n) is 6.60. The zero-order valence-corrected chi connectivity index (χ0v) is 9.23. The second-order valence-corrected chi connectivity index (χ2v) is 5.94. The van der Waals surface area contributed by atoms with Crippen LogP contribution in [0, 0.1) is 17.3 Å². The lowest BCUT2D eigenvalue weighted by molar-refractivity contribution is 0.0984. The van der Waals surface area contributed by atoms with Crippen molar-refractivity contribution >= 4 is 0 Å². The average Bonchev–Trinajstić information content (AvgIpc) is 2.57. The number of hydrogen-bond acceptors (Lipinski definition) is 1. The van der Waals surface area contributed by atoms with E-state index in [1.807, 2.05) is 0 Å². The third kappa shape index (κ3) is 1.41. The van der Waals surface area contributed by atoms with Crippen molar-refractivity contribution < 1.29 is 0 Å². The van der Waals surface area contributed by atoms with E-state index in [9.17, 15) is 0 Å². The van der Waals surface area contributed by atoms with Gasteiger partial charge in [-0.15, -0.1) is 0 Å². The number of rotatable bonds is 1. The number of piperidine rings is 1. The van der Waals surface area contributed by atoms with Gasteiger partial charge < -0.3 is 5.32 Å². The van der Waals surface area contributed by atoms with Crippen molar-refractivity contribution in [3.05, 3.63) is 0 Å². The van der Waals surface area contributed by atoms with Crippen molar-refractivity contribution in [2.45, 2.75) is 51.4 Å². The molecule has 0 aromatic carbocycles. The van der Waals surface area contributed by atoms with Crippen LogP contribution in [0.2, 0.25) is 0 Å². The van der Waals surface area contributed by atoms with Gasteiger partial charge in [0.1, 0.15) is 0 Å². The van der Waals surface area contributed by atoms with Crippen LogP contribution in [0.1, 0.15) is 51.4 Å². The Morgan fingerprint density at radius 1 is 1.00 bits per heavy atom. The monoisotopic (exact) mass is 193 g/mol. The predicted octanol–water partition coefficient (Wildman–Crippen LogP) is 2.96. The topological polar surface area (TPSA) is 12.0 Å². The summed E-state index contributed by atoms with van der Waals surface area (Å²) in [5.74, 6) is 2.11. The van der Waals surface area contributed by atoms with Gasteiger partial charge in [0.25, 0.3) is 0 Å². The maximum atomic E-state index is 3.68. The van der Waals surface area contributed by atoms with Crippen molar-refractivity contribution in [2.75, 3.05) is 13.1 Å². The van der Waals surface area contributed by atoms with Crippen molar-refractivity contribution in [3.63, 3.8) is 0 Å². The lowest BCUT2D eigenvalue weighted by atomic mass is 9.66. The van der Waals surface area contributed by atoms with E-state index in [4.69, 9.17) is 0 Å². The van der Waals surface area contributed by atoms with Gasteiger partial charge in [-0.1, -0.05) is 19.3 Å². The van der Waals surface area contributed by atoms with Crippen LogP contribution in [0.4, 0.5) is 0 Å². The van der Waals surface area contributed by atoms with E-state index < -0.39 is 0 Å². The van der Waals surface area contributed by atoms with E-state index in [0.717, 1.165) is 17.3 Å². The predicted molar refractivity (Wildman–Crippen MR) is 59.2 cm³/mol. The van der Waals surface area contributed by atoms with Crippen LogP contribution in [0.15, 0.2) is 0 Å². The van der Waals surface area contributed by atoms with E-state index >= 15 is 0 Å². The first-order valence-corrected chi connectivity index (χ1v) is 6.60. The molecule has 1 nitrogen and oxygen atoms in total. The summed E-state index contributed by atoms with van der Waals surface area (Å²) in [4.78, 5) is 0. The van der Waals surface area contributed by atoms with E-state index in [1.165, 1.54) is 58.0 Å². The van der Waals surface area contributed by atoms with E-state index in [1.54, 1.807) is 6.42 Å². The fraction of sp³-hybridized carbons (Fsp3) is 1.00. The van der Waals surface area contributed by atoms with Gasteiger partial charge in [0.05, 0.1) is 0 Å². The van der Waals surface area contributed by atoms with Crippen LogP contribution in [0.25, 0.3) is 0 Å². The Morgan fingerprint density at radius 3 is 2.71 bits per heavy atom. The number of nitrogens with one attached hydrogen (secondary N) is 1. The zero-order chi connectivity index (χ0) is 9.43. The van der Waals surface area contributed by atoms with Crippen molar-refractivity contribution in [1.82, 2.24) is 5.32 Å². The van der Waals surface area contributed by atoms with Gasteiger partial charge in [-0.25, -0.2) is 0 Å². The van der Waals surface area contributed by atoms with Crippen LogP contribution < -0.4 is 5.32 Å². The molecule has 2 unspecified atom stereocenters. The SMILES string of the molecule is C1CCC(C23CCC(CNC2)C3)CC1. The Morgan fingerprint density at radius 2 is 1.86 bits per heavy atom. The maximum absolute atomic E-state index is 3.68.